The van der Waals surface area contributed by atoms with Crippen LogP contribution in [-0.2, 0) is 14.4 Å². The van der Waals surface area contributed by atoms with Gasteiger partial charge in [-0.15, -0.1) is 0 Å². The molecule has 0 aliphatic carbocycles. The number of allylic oxidation sites excluding steroid dienone is 9. The highest BCUT2D eigenvalue weighted by molar-refractivity contribution is 5.78. The number of aliphatic hydroxyl groups is 5. The van der Waals surface area contributed by atoms with Crippen molar-refractivity contribution in [3.8, 4) is 0 Å². The van der Waals surface area contributed by atoms with E-state index >= 15 is 0 Å². The van der Waals surface area contributed by atoms with Crippen molar-refractivity contribution in [2.24, 2.45) is 11.8 Å². The average Bonchev–Trinajstić information content (AvgIpc) is 2.97. The Labute approximate surface area is 276 Å². The molecule has 0 aliphatic rings. The summed E-state index contributed by atoms with van der Waals surface area (Å²) >= 11 is 0. The van der Waals surface area contributed by atoms with E-state index in [0.717, 1.165) is 32.1 Å². The average molecular weight is 649 g/mol. The largest absolute Gasteiger partial charge is 0.481 e. The van der Waals surface area contributed by atoms with Crippen molar-refractivity contribution < 1.29 is 45.0 Å². The van der Waals surface area contributed by atoms with Gasteiger partial charge in [-0.3, -0.25) is 9.59 Å². The summed E-state index contributed by atoms with van der Waals surface area (Å²) in [7, 11) is 0. The number of carbonyl (C=O) groups excluding carboxylic acids is 2. The smallest absolute Gasteiger partial charge is 0.311 e. The number of carbonyl (C=O) groups is 3. The lowest BCUT2D eigenvalue weighted by Crippen LogP contribution is -2.39. The molecule has 0 saturated carbocycles. The Balaban J connectivity index is 4.37. The van der Waals surface area contributed by atoms with Crippen LogP contribution >= 0.6 is 0 Å². The second kappa shape index (κ2) is 27.4. The summed E-state index contributed by atoms with van der Waals surface area (Å²) in [5.74, 6) is -2.25. The third-order valence-corrected chi connectivity index (χ3v) is 7.75. The van der Waals surface area contributed by atoms with Crippen LogP contribution in [0.2, 0.25) is 0 Å². The van der Waals surface area contributed by atoms with E-state index in [2.05, 4.69) is 0 Å². The Hall–Kier alpha value is -2.69. The molecule has 46 heavy (non-hydrogen) atoms. The number of carboxylic acids is 1. The monoisotopic (exact) mass is 648 g/mol. The zero-order chi connectivity index (χ0) is 34.7. The molecule has 0 fully saturated rings. The molecule has 7 atom stereocenters. The van der Waals surface area contributed by atoms with Gasteiger partial charge < -0.3 is 35.4 Å². The standard InChI is InChI=1S/C37H60O9/c1-4-30(39)26-33(42)25-28(2)19-13-9-7-5-6-8-10-15-23-32(41)27-35(44)36(37(45)46)34(43)24-16-12-11-14-21-31(40)22-18-17-20-29(3)38/h5-10,13,15,19,23,28,30,32-36,39,41-44H,4,11-12,14,16-18,20-22,24-27H2,1-3H3,(H,45,46). The summed E-state index contributed by atoms with van der Waals surface area (Å²) in [6.07, 6.45) is 20.2. The van der Waals surface area contributed by atoms with E-state index in [1.54, 1.807) is 31.2 Å². The minimum Gasteiger partial charge on any atom is -0.481 e. The molecule has 9 heteroatoms. The first-order valence-corrected chi connectivity index (χ1v) is 16.9. The first kappa shape index (κ1) is 43.3. The Morgan fingerprint density at radius 1 is 0.609 bits per heavy atom. The summed E-state index contributed by atoms with van der Waals surface area (Å²) in [4.78, 5) is 34.6. The van der Waals surface area contributed by atoms with Crippen LogP contribution in [0.3, 0.4) is 0 Å². The second-order valence-electron chi connectivity index (χ2n) is 12.3. The predicted molar refractivity (Wildman–Crippen MR) is 182 cm³/mol. The molecule has 0 saturated heterocycles. The lowest BCUT2D eigenvalue weighted by atomic mass is 9.89. The molecule has 9 nitrogen and oxygen atoms in total. The van der Waals surface area contributed by atoms with E-state index in [4.69, 9.17) is 0 Å². The summed E-state index contributed by atoms with van der Waals surface area (Å²) in [6.45, 7) is 5.44. The molecular formula is C37H60O9. The van der Waals surface area contributed by atoms with Crippen molar-refractivity contribution in [3.05, 3.63) is 60.8 Å². The summed E-state index contributed by atoms with van der Waals surface area (Å²) in [5, 5.41) is 60.3. The van der Waals surface area contributed by atoms with Crippen molar-refractivity contribution >= 4 is 17.5 Å². The maximum absolute atomic E-state index is 11.9. The molecule has 262 valence electrons. The first-order valence-electron chi connectivity index (χ1n) is 16.9. The van der Waals surface area contributed by atoms with Crippen molar-refractivity contribution in [1.29, 1.82) is 0 Å². The van der Waals surface area contributed by atoms with E-state index < -0.39 is 42.4 Å². The number of carboxylic acid groups (broad SMARTS) is 1. The van der Waals surface area contributed by atoms with Gasteiger partial charge in [0.15, 0.2) is 0 Å². The van der Waals surface area contributed by atoms with Crippen molar-refractivity contribution in [3.63, 3.8) is 0 Å². The van der Waals surface area contributed by atoms with Crippen molar-refractivity contribution in [1.82, 2.24) is 0 Å². The van der Waals surface area contributed by atoms with Crippen LogP contribution in [-0.4, -0.2) is 78.7 Å². The van der Waals surface area contributed by atoms with Crippen LogP contribution in [0.15, 0.2) is 60.8 Å². The number of Topliss-reactive ketones (excluding diaryl/α,β-unsaturated/α-hetero) is 2. The van der Waals surface area contributed by atoms with Gasteiger partial charge in [0.25, 0.3) is 0 Å². The van der Waals surface area contributed by atoms with Gasteiger partial charge in [-0.05, 0) is 57.8 Å². The molecule has 0 spiro atoms. The van der Waals surface area contributed by atoms with Gasteiger partial charge in [0.05, 0.1) is 30.5 Å². The molecule has 0 aromatic rings. The van der Waals surface area contributed by atoms with Crippen LogP contribution in [0.1, 0.15) is 111 Å². The maximum Gasteiger partial charge on any atom is 0.311 e. The van der Waals surface area contributed by atoms with Gasteiger partial charge in [-0.1, -0.05) is 93.9 Å². The van der Waals surface area contributed by atoms with Gasteiger partial charge in [0.2, 0.25) is 0 Å². The van der Waals surface area contributed by atoms with E-state index in [-0.39, 0.29) is 30.3 Å². The van der Waals surface area contributed by atoms with Gasteiger partial charge in [-0.25, -0.2) is 0 Å². The fraction of sp³-hybridized carbons (Fsp3) is 0.649. The molecular weight excluding hydrogens is 588 g/mol. The zero-order valence-electron chi connectivity index (χ0n) is 28.1. The van der Waals surface area contributed by atoms with Crippen LogP contribution in [0.5, 0.6) is 0 Å². The van der Waals surface area contributed by atoms with E-state index in [1.807, 2.05) is 44.2 Å². The predicted octanol–water partition coefficient (Wildman–Crippen LogP) is 5.55. The Morgan fingerprint density at radius 2 is 1.13 bits per heavy atom. The molecule has 0 bridgehead atoms. The second-order valence-corrected chi connectivity index (χ2v) is 12.3. The molecule has 0 heterocycles. The molecule has 0 aromatic heterocycles. The van der Waals surface area contributed by atoms with Gasteiger partial charge in [0, 0.05) is 25.7 Å². The molecule has 0 rings (SSSR count). The van der Waals surface area contributed by atoms with Gasteiger partial charge >= 0.3 is 5.97 Å². The number of unbranched alkanes of at least 4 members (excludes halogenated alkanes) is 4. The third kappa shape index (κ3) is 24.5. The molecule has 0 aromatic carbocycles. The highest BCUT2D eigenvalue weighted by atomic mass is 16.4. The molecule has 0 aliphatic heterocycles. The number of aliphatic carboxylic acids is 1. The van der Waals surface area contributed by atoms with E-state index in [9.17, 15) is 45.0 Å². The lowest BCUT2D eigenvalue weighted by molar-refractivity contribution is -0.152. The van der Waals surface area contributed by atoms with Crippen LogP contribution in [0, 0.1) is 11.8 Å². The highest BCUT2D eigenvalue weighted by Gasteiger charge is 2.34. The first-order chi connectivity index (χ1) is 21.9. The van der Waals surface area contributed by atoms with Crippen LogP contribution < -0.4 is 0 Å². The molecule has 7 unspecified atom stereocenters. The van der Waals surface area contributed by atoms with Gasteiger partial charge in [0.1, 0.15) is 17.5 Å². The van der Waals surface area contributed by atoms with Crippen molar-refractivity contribution in [2.45, 2.75) is 141 Å². The fourth-order valence-electron chi connectivity index (χ4n) is 5.00. The minimum atomic E-state index is -1.43. The summed E-state index contributed by atoms with van der Waals surface area (Å²) in [6, 6.07) is 0. The number of hydrogen-bond acceptors (Lipinski definition) is 8. The van der Waals surface area contributed by atoms with E-state index in [1.165, 1.54) is 6.08 Å². The van der Waals surface area contributed by atoms with Crippen molar-refractivity contribution in [2.75, 3.05) is 0 Å². The Bertz CT molecular complexity index is 981. The molecule has 0 amide bonds. The zero-order valence-corrected chi connectivity index (χ0v) is 28.1. The topological polar surface area (TPSA) is 173 Å². The van der Waals surface area contributed by atoms with Gasteiger partial charge in [-0.2, -0.15) is 0 Å². The Morgan fingerprint density at radius 3 is 1.70 bits per heavy atom. The maximum atomic E-state index is 11.9. The fourth-order valence-corrected chi connectivity index (χ4v) is 5.00. The molecule has 6 N–H and O–H groups in total. The quantitative estimate of drug-likeness (QED) is 0.0470. The Kier molecular flexibility index (Phi) is 25.8. The minimum absolute atomic E-state index is 0.133. The molecule has 0 radical (unpaired) electrons. The summed E-state index contributed by atoms with van der Waals surface area (Å²) in [5.41, 5.74) is 0. The van der Waals surface area contributed by atoms with Crippen LogP contribution in [0.4, 0.5) is 0 Å². The van der Waals surface area contributed by atoms with E-state index in [0.29, 0.717) is 44.9 Å². The van der Waals surface area contributed by atoms with Crippen LogP contribution in [0.25, 0.3) is 0 Å². The number of rotatable bonds is 28. The number of aliphatic hydroxyl groups excluding tert-OH is 5. The third-order valence-electron chi connectivity index (χ3n) is 7.75. The lowest BCUT2D eigenvalue weighted by Gasteiger charge is -2.25. The SMILES string of the molecule is CCC(O)CC(O)CC(C)C=CC=CC=CC=CC=CC(O)CC(O)C(C(=O)O)C(O)CCCCCCC(=O)CCCCC(C)=O. The normalized spacial score (nSPS) is 17.2. The number of ketones is 2. The highest BCUT2D eigenvalue weighted by Crippen LogP contribution is 2.21. The summed E-state index contributed by atoms with van der Waals surface area (Å²) < 4.78 is 0. The number of hydrogen-bond donors (Lipinski definition) is 6.